The molecule has 0 bridgehead atoms. The van der Waals surface area contributed by atoms with E-state index in [0.717, 1.165) is 12.1 Å². The number of rotatable bonds is 3. The van der Waals surface area contributed by atoms with Crippen molar-refractivity contribution in [2.24, 2.45) is 0 Å². The van der Waals surface area contributed by atoms with Gasteiger partial charge in [-0.3, -0.25) is 4.90 Å². The molecule has 3 rings (SSSR count). The summed E-state index contributed by atoms with van der Waals surface area (Å²) in [4.78, 5) is 6.67. The summed E-state index contributed by atoms with van der Waals surface area (Å²) >= 11 is 0. The van der Waals surface area contributed by atoms with Crippen molar-refractivity contribution in [1.29, 1.82) is 0 Å². The molecule has 1 aliphatic rings. The molecule has 0 aliphatic carbocycles. The predicted molar refractivity (Wildman–Crippen MR) is 79.7 cm³/mol. The lowest BCUT2D eigenvalue weighted by molar-refractivity contribution is -0.151. The number of hydrogen-bond donors (Lipinski definition) is 2. The van der Waals surface area contributed by atoms with E-state index in [-0.39, 0.29) is 18.3 Å². The Morgan fingerprint density at radius 1 is 1.48 bits per heavy atom. The van der Waals surface area contributed by atoms with E-state index in [1.165, 1.54) is 0 Å². The highest BCUT2D eigenvalue weighted by Gasteiger charge is 2.33. The first-order valence-corrected chi connectivity index (χ1v) is 7.11. The van der Waals surface area contributed by atoms with E-state index in [1.807, 2.05) is 26.0 Å². The lowest BCUT2D eigenvalue weighted by Crippen LogP contribution is -2.53. The highest BCUT2D eigenvalue weighted by molar-refractivity contribution is 5.76. The maximum Gasteiger partial charge on any atom is 0.209 e. The van der Waals surface area contributed by atoms with Crippen LogP contribution >= 0.6 is 0 Å². The van der Waals surface area contributed by atoms with Gasteiger partial charge in [0, 0.05) is 24.8 Å². The second-order valence-electron chi connectivity index (χ2n) is 6.19. The van der Waals surface area contributed by atoms with Crippen molar-refractivity contribution in [2.75, 3.05) is 25.4 Å². The zero-order valence-electron chi connectivity index (χ0n) is 12.4. The van der Waals surface area contributed by atoms with Crippen LogP contribution in [-0.2, 0) is 11.3 Å². The first-order chi connectivity index (χ1) is 9.95. The summed E-state index contributed by atoms with van der Waals surface area (Å²) in [7, 11) is 0. The summed E-state index contributed by atoms with van der Waals surface area (Å²) in [5, 5.41) is 9.35. The third-order valence-corrected chi connectivity index (χ3v) is 3.57. The van der Waals surface area contributed by atoms with Crippen molar-refractivity contribution >= 4 is 16.8 Å². The van der Waals surface area contributed by atoms with Crippen LogP contribution in [0.15, 0.2) is 22.6 Å². The highest BCUT2D eigenvalue weighted by atomic mass is 16.5. The largest absolute Gasteiger partial charge is 0.439 e. The molecule has 1 aromatic heterocycles. The van der Waals surface area contributed by atoms with Gasteiger partial charge >= 0.3 is 0 Å². The van der Waals surface area contributed by atoms with Crippen LogP contribution in [0, 0.1) is 0 Å². The standard InChI is InChI=1S/C15H21N3O3/c1-15(2)9-18(6-11(8-19)21-15)7-14-17-12-4-3-10(16)5-13(12)20-14/h3-5,11,19H,6-9,16H2,1-2H3. The van der Waals surface area contributed by atoms with Gasteiger partial charge in [0.1, 0.15) is 5.52 Å². The molecule has 2 heterocycles. The maximum atomic E-state index is 9.35. The molecule has 3 N–H and O–H groups in total. The molecule has 0 spiro atoms. The molecule has 1 unspecified atom stereocenters. The Morgan fingerprint density at radius 2 is 2.29 bits per heavy atom. The molecule has 6 heteroatoms. The molecular formula is C15H21N3O3. The minimum absolute atomic E-state index is 0.0179. The molecule has 21 heavy (non-hydrogen) atoms. The number of aliphatic hydroxyl groups excluding tert-OH is 1. The molecule has 0 saturated carbocycles. The third kappa shape index (κ3) is 3.18. The topological polar surface area (TPSA) is 84.8 Å². The van der Waals surface area contributed by atoms with E-state index >= 15 is 0 Å². The number of oxazole rings is 1. The Hall–Kier alpha value is -1.63. The number of benzene rings is 1. The highest BCUT2D eigenvalue weighted by Crippen LogP contribution is 2.24. The average Bonchev–Trinajstić information content (AvgIpc) is 2.77. The average molecular weight is 291 g/mol. The van der Waals surface area contributed by atoms with Gasteiger partial charge in [-0.1, -0.05) is 0 Å². The van der Waals surface area contributed by atoms with Crippen molar-refractivity contribution < 1.29 is 14.3 Å². The molecular weight excluding hydrogens is 270 g/mol. The number of hydrogen-bond acceptors (Lipinski definition) is 6. The molecule has 1 saturated heterocycles. The second kappa shape index (κ2) is 5.29. The van der Waals surface area contributed by atoms with E-state index < -0.39 is 0 Å². The number of nitrogen functional groups attached to an aromatic ring is 1. The lowest BCUT2D eigenvalue weighted by Gasteiger charge is -2.41. The number of aromatic nitrogens is 1. The zero-order chi connectivity index (χ0) is 15.0. The van der Waals surface area contributed by atoms with E-state index in [1.54, 1.807) is 6.07 Å². The second-order valence-corrected chi connectivity index (χ2v) is 6.19. The van der Waals surface area contributed by atoms with Crippen molar-refractivity contribution in [3.8, 4) is 0 Å². The molecule has 6 nitrogen and oxygen atoms in total. The molecule has 1 fully saturated rings. The molecule has 1 atom stereocenters. The smallest absolute Gasteiger partial charge is 0.209 e. The Kier molecular flexibility index (Phi) is 3.61. The SMILES string of the molecule is CC1(C)CN(Cc2nc3ccc(N)cc3o2)CC(CO)O1. The van der Waals surface area contributed by atoms with Crippen LogP contribution in [0.1, 0.15) is 19.7 Å². The van der Waals surface area contributed by atoms with Crippen LogP contribution < -0.4 is 5.73 Å². The van der Waals surface area contributed by atoms with E-state index in [0.29, 0.717) is 30.3 Å². The van der Waals surface area contributed by atoms with Crippen molar-refractivity contribution in [1.82, 2.24) is 9.88 Å². The Bertz CT molecular complexity index is 638. The van der Waals surface area contributed by atoms with Gasteiger partial charge in [0.2, 0.25) is 5.89 Å². The third-order valence-electron chi connectivity index (χ3n) is 3.57. The van der Waals surface area contributed by atoms with Gasteiger partial charge in [0.25, 0.3) is 0 Å². The molecule has 114 valence electrons. The summed E-state index contributed by atoms with van der Waals surface area (Å²) in [6.45, 7) is 6.09. The summed E-state index contributed by atoms with van der Waals surface area (Å²) in [6, 6.07) is 5.46. The first-order valence-electron chi connectivity index (χ1n) is 7.11. The summed E-state index contributed by atoms with van der Waals surface area (Å²) in [6.07, 6.45) is -0.172. The normalized spacial score (nSPS) is 22.7. The number of nitrogens with zero attached hydrogens (tertiary/aromatic N) is 2. The molecule has 0 radical (unpaired) electrons. The van der Waals surface area contributed by atoms with Crippen molar-refractivity contribution in [3.05, 3.63) is 24.1 Å². The van der Waals surface area contributed by atoms with Crippen LogP contribution in [-0.4, -0.2) is 46.4 Å². The van der Waals surface area contributed by atoms with Crippen molar-refractivity contribution in [3.63, 3.8) is 0 Å². The van der Waals surface area contributed by atoms with Gasteiger partial charge in [-0.2, -0.15) is 0 Å². The molecule has 0 amide bonds. The summed E-state index contributed by atoms with van der Waals surface area (Å²) < 4.78 is 11.6. The fourth-order valence-corrected chi connectivity index (χ4v) is 2.88. The Labute approximate surface area is 123 Å². The fraction of sp³-hybridized carbons (Fsp3) is 0.533. The van der Waals surface area contributed by atoms with Crippen LogP contribution in [0.25, 0.3) is 11.1 Å². The number of fused-ring (bicyclic) bond motifs is 1. The maximum absolute atomic E-state index is 9.35. The van der Waals surface area contributed by atoms with Gasteiger partial charge in [-0.25, -0.2) is 4.98 Å². The van der Waals surface area contributed by atoms with Gasteiger partial charge < -0.3 is 20.0 Å². The quantitative estimate of drug-likeness (QED) is 0.831. The van der Waals surface area contributed by atoms with Gasteiger partial charge in [0.15, 0.2) is 5.58 Å². The Morgan fingerprint density at radius 3 is 3.05 bits per heavy atom. The van der Waals surface area contributed by atoms with Crippen LogP contribution in [0.2, 0.25) is 0 Å². The van der Waals surface area contributed by atoms with Gasteiger partial charge in [0.05, 0.1) is 24.9 Å². The lowest BCUT2D eigenvalue weighted by atomic mass is 10.1. The predicted octanol–water partition coefficient (Wildman–Crippen LogP) is 1.38. The van der Waals surface area contributed by atoms with Crippen LogP contribution in [0.3, 0.4) is 0 Å². The summed E-state index contributed by atoms with van der Waals surface area (Å²) in [5.74, 6) is 0.657. The number of nitrogens with two attached hydrogens (primary N) is 1. The van der Waals surface area contributed by atoms with E-state index in [4.69, 9.17) is 14.9 Å². The minimum Gasteiger partial charge on any atom is -0.439 e. The summed E-state index contributed by atoms with van der Waals surface area (Å²) in [5.41, 5.74) is 7.64. The molecule has 1 aromatic carbocycles. The number of aliphatic hydroxyl groups is 1. The molecule has 2 aromatic rings. The van der Waals surface area contributed by atoms with E-state index in [9.17, 15) is 5.11 Å². The zero-order valence-corrected chi connectivity index (χ0v) is 12.4. The monoisotopic (exact) mass is 291 g/mol. The van der Waals surface area contributed by atoms with Gasteiger partial charge in [-0.05, 0) is 26.0 Å². The van der Waals surface area contributed by atoms with Crippen LogP contribution in [0.4, 0.5) is 5.69 Å². The van der Waals surface area contributed by atoms with Crippen molar-refractivity contribution in [2.45, 2.75) is 32.1 Å². The minimum atomic E-state index is -0.290. The van der Waals surface area contributed by atoms with Gasteiger partial charge in [-0.15, -0.1) is 0 Å². The van der Waals surface area contributed by atoms with Crippen LogP contribution in [0.5, 0.6) is 0 Å². The first kappa shape index (κ1) is 14.3. The van der Waals surface area contributed by atoms with E-state index in [2.05, 4.69) is 9.88 Å². The molecule has 1 aliphatic heterocycles. The number of morpholine rings is 1. The number of anilines is 1. The fourth-order valence-electron chi connectivity index (χ4n) is 2.88. The Balaban J connectivity index is 1.77. The number of ether oxygens (including phenoxy) is 1.